The molecule has 0 saturated carbocycles. The molecule has 5 rings (SSSR count). The van der Waals surface area contributed by atoms with Crippen LogP contribution in [0.25, 0.3) is 22.2 Å². The van der Waals surface area contributed by atoms with E-state index < -0.39 is 17.6 Å². The summed E-state index contributed by atoms with van der Waals surface area (Å²) >= 11 is 6.18. The van der Waals surface area contributed by atoms with Gasteiger partial charge in [0, 0.05) is 72.7 Å². The third-order valence-corrected chi connectivity index (χ3v) is 8.08. The minimum Gasteiger partial charge on any atom is -0.444 e. The molecule has 0 radical (unpaired) electrons. The average Bonchev–Trinajstić information content (AvgIpc) is 3.46. The van der Waals surface area contributed by atoms with Gasteiger partial charge in [-0.1, -0.05) is 41.9 Å². The molecule has 2 aromatic carbocycles. The van der Waals surface area contributed by atoms with E-state index in [4.69, 9.17) is 16.3 Å². The first kappa shape index (κ1) is 31.3. The van der Waals surface area contributed by atoms with Gasteiger partial charge >= 0.3 is 6.09 Å². The minimum atomic E-state index is -0.667. The van der Waals surface area contributed by atoms with Crippen molar-refractivity contribution in [1.82, 2.24) is 19.8 Å². The Morgan fingerprint density at radius 2 is 1.70 bits per heavy atom. The number of pyridine rings is 1. The SMILES string of the molecule is CC(C)N(CC(C(=O)N1CCN(c2c(-c3ccccc3F)cnc3[nH]ccc23)CC1)c1ccc(Cl)cc1)C(=O)OC(C)(C)C. The number of nitrogens with zero attached hydrogens (tertiary/aromatic N) is 4. The minimum absolute atomic E-state index is 0.0722. The Kier molecular flexibility index (Phi) is 9.15. The zero-order chi connectivity index (χ0) is 31.6. The van der Waals surface area contributed by atoms with E-state index in [0.717, 1.165) is 22.3 Å². The molecular formula is C34H39ClFN5O3. The second-order valence-corrected chi connectivity index (χ2v) is 12.8. The maximum Gasteiger partial charge on any atom is 0.410 e. The lowest BCUT2D eigenvalue weighted by Gasteiger charge is -2.39. The number of piperazine rings is 1. The number of hydrogen-bond donors (Lipinski definition) is 1. The Balaban J connectivity index is 1.41. The highest BCUT2D eigenvalue weighted by molar-refractivity contribution is 6.30. The van der Waals surface area contributed by atoms with E-state index in [1.54, 1.807) is 35.4 Å². The number of aromatic nitrogens is 2. The molecule has 1 fully saturated rings. The van der Waals surface area contributed by atoms with Crippen LogP contribution in [0.1, 0.15) is 46.1 Å². The molecule has 1 aliphatic rings. The quantitative estimate of drug-likeness (QED) is 0.239. The lowest BCUT2D eigenvalue weighted by Crippen LogP contribution is -2.52. The molecular weight excluding hydrogens is 581 g/mol. The fourth-order valence-corrected chi connectivity index (χ4v) is 5.74. The van der Waals surface area contributed by atoms with Crippen molar-refractivity contribution in [3.05, 3.63) is 83.4 Å². The molecule has 4 aromatic rings. The number of anilines is 1. The van der Waals surface area contributed by atoms with Crippen molar-refractivity contribution >= 4 is 40.3 Å². The van der Waals surface area contributed by atoms with Crippen LogP contribution in [0.5, 0.6) is 0 Å². The van der Waals surface area contributed by atoms with Gasteiger partial charge < -0.3 is 24.4 Å². The lowest BCUT2D eigenvalue weighted by atomic mass is 9.95. The van der Waals surface area contributed by atoms with E-state index in [1.165, 1.54) is 6.07 Å². The Morgan fingerprint density at radius 3 is 2.34 bits per heavy atom. The van der Waals surface area contributed by atoms with Crippen LogP contribution in [0, 0.1) is 5.82 Å². The number of halogens is 2. The number of benzene rings is 2. The van der Waals surface area contributed by atoms with Crippen LogP contribution < -0.4 is 4.90 Å². The molecule has 10 heteroatoms. The number of H-pyrrole nitrogens is 1. The number of carbonyl (C=O) groups excluding carboxylic acids is 2. The van der Waals surface area contributed by atoms with E-state index >= 15 is 0 Å². The van der Waals surface area contributed by atoms with E-state index in [9.17, 15) is 14.0 Å². The molecule has 1 unspecified atom stereocenters. The van der Waals surface area contributed by atoms with Gasteiger partial charge in [0.05, 0.1) is 11.6 Å². The van der Waals surface area contributed by atoms with Crippen molar-refractivity contribution in [3.8, 4) is 11.1 Å². The molecule has 3 heterocycles. The molecule has 44 heavy (non-hydrogen) atoms. The highest BCUT2D eigenvalue weighted by atomic mass is 35.5. The predicted molar refractivity (Wildman–Crippen MR) is 173 cm³/mol. The third-order valence-electron chi connectivity index (χ3n) is 7.83. The summed E-state index contributed by atoms with van der Waals surface area (Å²) in [5.41, 5.74) is 2.91. The summed E-state index contributed by atoms with van der Waals surface area (Å²) in [6.07, 6.45) is 3.07. The highest BCUT2D eigenvalue weighted by Crippen LogP contribution is 2.38. The Bertz CT molecular complexity index is 1620. The Morgan fingerprint density at radius 1 is 1.02 bits per heavy atom. The van der Waals surface area contributed by atoms with Crippen LogP contribution in [0.3, 0.4) is 0 Å². The summed E-state index contributed by atoms with van der Waals surface area (Å²) in [6, 6.07) is 15.7. The second-order valence-electron chi connectivity index (χ2n) is 12.4. The monoisotopic (exact) mass is 619 g/mol. The number of fused-ring (bicyclic) bond motifs is 1. The summed E-state index contributed by atoms with van der Waals surface area (Å²) in [7, 11) is 0. The molecule has 1 aliphatic heterocycles. The Labute approximate surface area is 262 Å². The topological polar surface area (TPSA) is 81.8 Å². The number of amides is 2. The highest BCUT2D eigenvalue weighted by Gasteiger charge is 2.34. The van der Waals surface area contributed by atoms with Gasteiger partial charge in [-0.05, 0) is 64.4 Å². The van der Waals surface area contributed by atoms with E-state index in [2.05, 4.69) is 14.9 Å². The van der Waals surface area contributed by atoms with Crippen molar-refractivity contribution in [1.29, 1.82) is 0 Å². The zero-order valence-electron chi connectivity index (χ0n) is 25.8. The van der Waals surface area contributed by atoms with Crippen LogP contribution in [-0.2, 0) is 9.53 Å². The summed E-state index contributed by atoms with van der Waals surface area (Å²) in [6.45, 7) is 11.5. The maximum atomic E-state index is 14.9. The average molecular weight is 620 g/mol. The Hall–Kier alpha value is -4.11. The molecule has 2 amide bonds. The van der Waals surface area contributed by atoms with Gasteiger partial charge in [-0.15, -0.1) is 0 Å². The number of hydrogen-bond acceptors (Lipinski definition) is 5. The molecule has 1 atom stereocenters. The number of aromatic amines is 1. The zero-order valence-corrected chi connectivity index (χ0v) is 26.6. The fraction of sp³-hybridized carbons (Fsp3) is 0.382. The molecule has 1 N–H and O–H groups in total. The molecule has 0 aliphatic carbocycles. The van der Waals surface area contributed by atoms with Crippen molar-refractivity contribution in [3.63, 3.8) is 0 Å². The van der Waals surface area contributed by atoms with Gasteiger partial charge in [0.15, 0.2) is 0 Å². The van der Waals surface area contributed by atoms with Gasteiger partial charge in [0.25, 0.3) is 0 Å². The number of ether oxygens (including phenoxy) is 1. The third kappa shape index (κ3) is 6.83. The normalized spacial score (nSPS) is 14.6. The molecule has 8 nitrogen and oxygen atoms in total. The van der Waals surface area contributed by atoms with Crippen LogP contribution in [0.15, 0.2) is 67.0 Å². The van der Waals surface area contributed by atoms with Crippen molar-refractivity contribution in [2.75, 3.05) is 37.6 Å². The van der Waals surface area contributed by atoms with Gasteiger partial charge in [-0.25, -0.2) is 14.2 Å². The van der Waals surface area contributed by atoms with Gasteiger partial charge in [-0.2, -0.15) is 0 Å². The van der Waals surface area contributed by atoms with Gasteiger partial charge in [0.2, 0.25) is 5.91 Å². The lowest BCUT2D eigenvalue weighted by molar-refractivity contribution is -0.133. The standard InChI is InChI=1S/C34H39ClFN5O3/c1-22(2)41(33(43)44-34(3,4)5)21-28(23-10-12-24(35)13-11-23)32(42)40-18-16-39(17-19-40)30-26-14-15-37-31(26)38-20-27(30)25-8-6-7-9-29(25)36/h6-15,20,22,28H,16-19,21H2,1-5H3,(H,37,38). The molecule has 2 aromatic heterocycles. The smallest absolute Gasteiger partial charge is 0.410 e. The fourth-order valence-electron chi connectivity index (χ4n) is 5.62. The largest absolute Gasteiger partial charge is 0.444 e. The van der Waals surface area contributed by atoms with Crippen molar-refractivity contribution in [2.24, 2.45) is 0 Å². The van der Waals surface area contributed by atoms with E-state index in [1.807, 2.05) is 70.0 Å². The number of nitrogens with one attached hydrogen (secondary N) is 1. The first-order chi connectivity index (χ1) is 20.9. The summed E-state index contributed by atoms with van der Waals surface area (Å²) in [5.74, 6) is -0.998. The second kappa shape index (κ2) is 12.9. The first-order valence-corrected chi connectivity index (χ1v) is 15.3. The predicted octanol–water partition coefficient (Wildman–Crippen LogP) is 7.10. The summed E-state index contributed by atoms with van der Waals surface area (Å²) < 4.78 is 20.6. The molecule has 232 valence electrons. The van der Waals surface area contributed by atoms with Gasteiger partial charge in [-0.3, -0.25) is 4.79 Å². The molecule has 0 bridgehead atoms. The van der Waals surface area contributed by atoms with Gasteiger partial charge in [0.1, 0.15) is 17.1 Å². The molecule has 0 spiro atoms. The number of rotatable bonds is 7. The van der Waals surface area contributed by atoms with E-state index in [0.29, 0.717) is 42.3 Å². The van der Waals surface area contributed by atoms with Crippen LogP contribution in [0.2, 0.25) is 5.02 Å². The summed E-state index contributed by atoms with van der Waals surface area (Å²) in [5, 5.41) is 1.47. The van der Waals surface area contributed by atoms with Crippen LogP contribution >= 0.6 is 11.6 Å². The van der Waals surface area contributed by atoms with Crippen LogP contribution in [-0.4, -0.2) is 76.1 Å². The van der Waals surface area contributed by atoms with Crippen LogP contribution in [0.4, 0.5) is 14.9 Å². The first-order valence-electron chi connectivity index (χ1n) is 14.9. The molecule has 1 saturated heterocycles. The number of carbonyl (C=O) groups is 2. The summed E-state index contributed by atoms with van der Waals surface area (Å²) in [4.78, 5) is 40.8. The van der Waals surface area contributed by atoms with Crippen molar-refractivity contribution < 1.29 is 18.7 Å². The van der Waals surface area contributed by atoms with E-state index in [-0.39, 0.29) is 24.3 Å². The van der Waals surface area contributed by atoms with Crippen molar-refractivity contribution in [2.45, 2.75) is 52.2 Å². The maximum absolute atomic E-state index is 14.9.